The molecule has 178 valence electrons. The third kappa shape index (κ3) is 5.88. The van der Waals surface area contributed by atoms with E-state index in [-0.39, 0.29) is 51.4 Å². The number of anilines is 2. The molecule has 0 saturated heterocycles. The van der Waals surface area contributed by atoms with Crippen LogP contribution in [0.15, 0.2) is 23.1 Å². The van der Waals surface area contributed by atoms with Crippen molar-refractivity contribution in [2.75, 3.05) is 11.1 Å². The van der Waals surface area contributed by atoms with E-state index >= 15 is 0 Å². The molecule has 0 aliphatic heterocycles. The van der Waals surface area contributed by atoms with E-state index < -0.39 is 35.9 Å². The summed E-state index contributed by atoms with van der Waals surface area (Å²) in [6, 6.07) is 1.13. The maximum atomic E-state index is 12.5. The number of halogens is 2. The first kappa shape index (κ1) is 24.7. The van der Waals surface area contributed by atoms with E-state index in [4.69, 9.17) is 34.0 Å². The molecule has 2 heterocycles. The average Bonchev–Trinajstić information content (AvgIpc) is 2.75. The Balaban J connectivity index is 1.74. The summed E-state index contributed by atoms with van der Waals surface area (Å²) < 4.78 is 0. The van der Waals surface area contributed by atoms with Crippen LogP contribution in [0, 0.1) is 0 Å². The standard InChI is InChI=1S/C19H17Cl2N7O6/c20-9-3-7(16(31)26-11(18(33)34)1-2-12(29)30)4-10(21)13(9)23-5-8-6-24-15-14(25-8)17(32)28-19(22)27-15/h3-4,6,11,23H,1-2,5H2,(H,26,31)(H,29,30)(H,33,34)(H3,22,24,27,28,32). The highest BCUT2D eigenvalue weighted by Crippen LogP contribution is 2.32. The number of aliphatic carboxylic acids is 2. The molecule has 7 N–H and O–H groups in total. The lowest BCUT2D eigenvalue weighted by Crippen LogP contribution is -2.41. The number of carbonyl (C=O) groups is 3. The number of carboxylic acid groups (broad SMARTS) is 2. The first-order valence-electron chi connectivity index (χ1n) is 9.55. The van der Waals surface area contributed by atoms with Gasteiger partial charge in [-0.15, -0.1) is 0 Å². The van der Waals surface area contributed by atoms with Gasteiger partial charge in [-0.3, -0.25) is 19.4 Å². The van der Waals surface area contributed by atoms with Gasteiger partial charge in [0.25, 0.3) is 11.5 Å². The molecule has 0 aliphatic rings. The second-order valence-electron chi connectivity index (χ2n) is 6.95. The monoisotopic (exact) mass is 509 g/mol. The predicted molar refractivity (Wildman–Crippen MR) is 122 cm³/mol. The maximum Gasteiger partial charge on any atom is 0.326 e. The van der Waals surface area contributed by atoms with E-state index in [0.29, 0.717) is 5.69 Å². The van der Waals surface area contributed by atoms with Crippen molar-refractivity contribution in [3.05, 3.63) is 50.0 Å². The Morgan fingerprint density at radius 3 is 2.44 bits per heavy atom. The number of nitrogens with one attached hydrogen (secondary N) is 3. The van der Waals surface area contributed by atoms with Crippen LogP contribution >= 0.6 is 23.2 Å². The number of aromatic nitrogens is 4. The summed E-state index contributed by atoms with van der Waals surface area (Å²) in [5.74, 6) is -3.45. The van der Waals surface area contributed by atoms with Crippen molar-refractivity contribution in [3.63, 3.8) is 0 Å². The van der Waals surface area contributed by atoms with Crippen molar-refractivity contribution in [3.8, 4) is 0 Å². The van der Waals surface area contributed by atoms with E-state index in [1.807, 2.05) is 0 Å². The van der Waals surface area contributed by atoms with Crippen molar-refractivity contribution in [1.29, 1.82) is 0 Å². The van der Waals surface area contributed by atoms with Crippen molar-refractivity contribution >= 4 is 63.8 Å². The van der Waals surface area contributed by atoms with Crippen LogP contribution in [0.2, 0.25) is 10.0 Å². The summed E-state index contributed by atoms with van der Waals surface area (Å²) >= 11 is 12.5. The van der Waals surface area contributed by atoms with Crippen molar-refractivity contribution in [2.45, 2.75) is 25.4 Å². The number of carboxylic acids is 2. The van der Waals surface area contributed by atoms with Crippen LogP contribution in [0.3, 0.4) is 0 Å². The lowest BCUT2D eigenvalue weighted by molar-refractivity contribution is -0.140. The largest absolute Gasteiger partial charge is 0.481 e. The molecule has 0 fully saturated rings. The maximum absolute atomic E-state index is 12.5. The summed E-state index contributed by atoms with van der Waals surface area (Å²) in [5, 5.41) is 23.2. The van der Waals surface area contributed by atoms with Gasteiger partial charge < -0.3 is 26.6 Å². The molecular weight excluding hydrogens is 493 g/mol. The van der Waals surface area contributed by atoms with E-state index in [2.05, 4.69) is 30.6 Å². The van der Waals surface area contributed by atoms with Crippen LogP contribution in [0.5, 0.6) is 0 Å². The van der Waals surface area contributed by atoms with E-state index in [1.165, 1.54) is 18.3 Å². The molecule has 15 heteroatoms. The van der Waals surface area contributed by atoms with Crippen LogP contribution < -0.4 is 21.9 Å². The Labute approximate surface area is 200 Å². The summed E-state index contributed by atoms with van der Waals surface area (Å²) in [5.41, 5.74) is 5.60. The second-order valence-corrected chi connectivity index (χ2v) is 7.76. The van der Waals surface area contributed by atoms with E-state index in [0.717, 1.165) is 0 Å². The molecule has 0 aliphatic carbocycles. The highest BCUT2D eigenvalue weighted by atomic mass is 35.5. The van der Waals surface area contributed by atoms with Gasteiger partial charge in [0, 0.05) is 12.0 Å². The summed E-state index contributed by atoms with van der Waals surface area (Å²) in [4.78, 5) is 60.9. The van der Waals surface area contributed by atoms with Gasteiger partial charge in [0.05, 0.1) is 34.2 Å². The minimum absolute atomic E-state index is 0.00593. The molecule has 0 saturated carbocycles. The van der Waals surface area contributed by atoms with Crippen LogP contribution in [0.4, 0.5) is 11.6 Å². The third-order valence-electron chi connectivity index (χ3n) is 4.49. The Bertz CT molecular complexity index is 1320. The van der Waals surface area contributed by atoms with Crippen molar-refractivity contribution < 1.29 is 24.6 Å². The molecule has 0 radical (unpaired) electrons. The number of rotatable bonds is 9. The van der Waals surface area contributed by atoms with Gasteiger partial charge in [0.1, 0.15) is 6.04 Å². The third-order valence-corrected chi connectivity index (χ3v) is 5.08. The molecule has 0 spiro atoms. The second kappa shape index (κ2) is 10.3. The minimum Gasteiger partial charge on any atom is -0.481 e. The number of hydrogen-bond acceptors (Lipinski definition) is 9. The molecule has 13 nitrogen and oxygen atoms in total. The topological polar surface area (TPSA) is 213 Å². The predicted octanol–water partition coefficient (Wildman–Crippen LogP) is 1.26. The number of nitrogens with two attached hydrogens (primary N) is 1. The molecular formula is C19H17Cl2N7O6. The van der Waals surface area contributed by atoms with E-state index in [1.54, 1.807) is 0 Å². The fraction of sp³-hybridized carbons (Fsp3) is 0.211. The molecule has 3 rings (SSSR count). The normalized spacial score (nSPS) is 11.7. The minimum atomic E-state index is -1.40. The van der Waals surface area contributed by atoms with E-state index in [9.17, 15) is 24.3 Å². The molecule has 1 unspecified atom stereocenters. The zero-order valence-corrected chi connectivity index (χ0v) is 18.6. The van der Waals surface area contributed by atoms with Gasteiger partial charge in [-0.05, 0) is 18.6 Å². The molecule has 3 aromatic rings. The molecule has 1 amide bonds. The Hall–Kier alpha value is -3.97. The summed E-state index contributed by atoms with van der Waals surface area (Å²) in [7, 11) is 0. The summed E-state index contributed by atoms with van der Waals surface area (Å²) in [6.45, 7) is 0.0635. The molecule has 1 aromatic carbocycles. The first-order valence-corrected chi connectivity index (χ1v) is 10.3. The van der Waals surface area contributed by atoms with Gasteiger partial charge in [-0.1, -0.05) is 23.2 Å². The van der Waals surface area contributed by atoms with Crippen LogP contribution in [-0.2, 0) is 16.1 Å². The smallest absolute Gasteiger partial charge is 0.326 e. The molecule has 1 atom stereocenters. The Morgan fingerprint density at radius 1 is 1.15 bits per heavy atom. The number of benzene rings is 1. The lowest BCUT2D eigenvalue weighted by Gasteiger charge is -2.15. The zero-order chi connectivity index (χ0) is 25.0. The van der Waals surface area contributed by atoms with Gasteiger partial charge in [-0.2, -0.15) is 4.98 Å². The molecule has 0 bridgehead atoms. The van der Waals surface area contributed by atoms with Crippen molar-refractivity contribution in [2.24, 2.45) is 0 Å². The number of carbonyl (C=O) groups excluding carboxylic acids is 1. The fourth-order valence-corrected chi connectivity index (χ4v) is 3.50. The fourth-order valence-electron chi connectivity index (χ4n) is 2.87. The van der Waals surface area contributed by atoms with Gasteiger partial charge in [0.2, 0.25) is 5.95 Å². The highest BCUT2D eigenvalue weighted by Gasteiger charge is 2.23. The quantitative estimate of drug-likeness (QED) is 0.241. The lowest BCUT2D eigenvalue weighted by atomic mass is 10.1. The van der Waals surface area contributed by atoms with Crippen molar-refractivity contribution in [1.82, 2.24) is 25.3 Å². The van der Waals surface area contributed by atoms with Crippen LogP contribution in [0.1, 0.15) is 28.9 Å². The summed E-state index contributed by atoms with van der Waals surface area (Å²) in [6.07, 6.45) is 0.651. The molecule has 34 heavy (non-hydrogen) atoms. The number of hydrogen-bond donors (Lipinski definition) is 6. The Morgan fingerprint density at radius 2 is 1.82 bits per heavy atom. The van der Waals surface area contributed by atoms with Gasteiger partial charge in [-0.25, -0.2) is 14.8 Å². The SMILES string of the molecule is Nc1nc2ncc(CNc3c(Cl)cc(C(=O)NC(CCC(=O)O)C(=O)O)cc3Cl)nc2c(=O)[nH]1. The van der Waals surface area contributed by atoms with Crippen LogP contribution in [0.25, 0.3) is 11.2 Å². The Kier molecular flexibility index (Phi) is 7.48. The number of amides is 1. The number of nitrogen functional groups attached to an aromatic ring is 1. The number of H-pyrrole nitrogens is 1. The highest BCUT2D eigenvalue weighted by molar-refractivity contribution is 6.39. The number of fused-ring (bicyclic) bond motifs is 1. The number of aromatic amines is 1. The average molecular weight is 510 g/mol. The zero-order valence-electron chi connectivity index (χ0n) is 17.1. The van der Waals surface area contributed by atoms with Gasteiger partial charge in [0.15, 0.2) is 11.2 Å². The first-order chi connectivity index (χ1) is 16.0. The molecule has 2 aromatic heterocycles. The number of nitrogens with zero attached hydrogens (tertiary/aromatic N) is 3. The van der Waals surface area contributed by atoms with Gasteiger partial charge >= 0.3 is 11.9 Å². The van der Waals surface area contributed by atoms with Crippen LogP contribution in [-0.4, -0.2) is 54.0 Å².